The van der Waals surface area contributed by atoms with Gasteiger partial charge in [-0.25, -0.2) is 9.78 Å². The predicted octanol–water partition coefficient (Wildman–Crippen LogP) is 6.52. The van der Waals surface area contributed by atoms with E-state index in [4.69, 9.17) is 21.3 Å². The number of aromatic nitrogens is 1. The van der Waals surface area contributed by atoms with Crippen molar-refractivity contribution < 1.29 is 23.9 Å². The highest BCUT2D eigenvalue weighted by Crippen LogP contribution is 2.56. The van der Waals surface area contributed by atoms with Crippen LogP contribution in [0.3, 0.4) is 0 Å². The summed E-state index contributed by atoms with van der Waals surface area (Å²) in [6.45, 7) is 1.55. The molecule has 2 heterocycles. The number of benzene rings is 3. The summed E-state index contributed by atoms with van der Waals surface area (Å²) in [7, 11) is 0. The maximum absolute atomic E-state index is 13.4. The molecule has 0 N–H and O–H groups in total. The highest BCUT2D eigenvalue weighted by Gasteiger charge is 2.61. The highest BCUT2D eigenvalue weighted by atomic mass is 35.5. The lowest BCUT2D eigenvalue weighted by Gasteiger charge is -2.19. The molecule has 1 aliphatic heterocycles. The van der Waals surface area contributed by atoms with Crippen LogP contribution in [0.15, 0.2) is 78.9 Å². The van der Waals surface area contributed by atoms with Crippen molar-refractivity contribution in [2.75, 3.05) is 4.90 Å². The third-order valence-electron chi connectivity index (χ3n) is 9.05. The Morgan fingerprint density at radius 2 is 1.57 bits per heavy atom. The molecule has 42 heavy (non-hydrogen) atoms. The number of hydrogen-bond acceptors (Lipinski definition) is 6. The summed E-state index contributed by atoms with van der Waals surface area (Å²) in [6, 6.07) is 22.4. The van der Waals surface area contributed by atoms with Gasteiger partial charge in [0.2, 0.25) is 17.6 Å². The van der Waals surface area contributed by atoms with E-state index in [0.29, 0.717) is 50.3 Å². The zero-order valence-electron chi connectivity index (χ0n) is 22.8. The van der Waals surface area contributed by atoms with Gasteiger partial charge in [-0.2, -0.15) is 0 Å². The number of carbonyl (C=O) groups excluding carboxylic acids is 4. The van der Waals surface area contributed by atoms with E-state index in [-0.39, 0.29) is 35.0 Å². The number of Topliss-reactive ketones (excluding diaryl/α,β-unsaturated/α-hetero) is 1. The Labute approximate surface area is 247 Å². The third-order valence-corrected chi connectivity index (χ3v) is 9.29. The molecule has 2 aliphatic carbocycles. The van der Waals surface area contributed by atoms with Gasteiger partial charge in [0.15, 0.2) is 6.10 Å². The Kier molecular flexibility index (Phi) is 6.43. The number of hydrogen-bond donors (Lipinski definition) is 0. The van der Waals surface area contributed by atoms with Gasteiger partial charge in [0.05, 0.1) is 34.3 Å². The molecule has 7 nitrogen and oxygen atoms in total. The Morgan fingerprint density at radius 3 is 2.24 bits per heavy atom. The fourth-order valence-electron chi connectivity index (χ4n) is 7.07. The number of esters is 1. The van der Waals surface area contributed by atoms with E-state index in [1.165, 1.54) is 4.90 Å². The number of imide groups is 1. The van der Waals surface area contributed by atoms with Crippen LogP contribution in [0.25, 0.3) is 22.2 Å². The van der Waals surface area contributed by atoms with Gasteiger partial charge in [-0.05, 0) is 74.4 Å². The predicted molar refractivity (Wildman–Crippen MR) is 158 cm³/mol. The van der Waals surface area contributed by atoms with E-state index in [0.717, 1.165) is 19.3 Å². The van der Waals surface area contributed by atoms with Gasteiger partial charge in [-0.1, -0.05) is 54.1 Å². The van der Waals surface area contributed by atoms with Crippen molar-refractivity contribution in [1.82, 2.24) is 4.98 Å². The van der Waals surface area contributed by atoms with Crippen molar-refractivity contribution in [3.63, 3.8) is 0 Å². The number of ether oxygens (including phenoxy) is 1. The first-order valence-corrected chi connectivity index (χ1v) is 14.6. The van der Waals surface area contributed by atoms with Crippen LogP contribution in [-0.2, 0) is 14.3 Å². The smallest absolute Gasteiger partial charge is 0.339 e. The van der Waals surface area contributed by atoms with E-state index in [1.54, 1.807) is 79.7 Å². The summed E-state index contributed by atoms with van der Waals surface area (Å²) in [6.07, 6.45) is 2.04. The summed E-state index contributed by atoms with van der Waals surface area (Å²) in [5, 5.41) is 0.934. The molecule has 2 saturated carbocycles. The lowest BCUT2D eigenvalue weighted by atomic mass is 9.81. The van der Waals surface area contributed by atoms with Crippen LogP contribution in [0.4, 0.5) is 5.69 Å². The second kappa shape index (κ2) is 10.2. The molecule has 1 saturated heterocycles. The number of ketones is 1. The van der Waals surface area contributed by atoms with Crippen molar-refractivity contribution in [3.8, 4) is 11.3 Å². The van der Waals surface area contributed by atoms with Gasteiger partial charge in [-0.3, -0.25) is 19.3 Å². The fraction of sp³-hybridized carbons (Fsp3) is 0.265. The Balaban J connectivity index is 1.19. The van der Waals surface area contributed by atoms with E-state index in [9.17, 15) is 19.2 Å². The number of anilines is 1. The highest BCUT2D eigenvalue weighted by molar-refractivity contribution is 6.31. The van der Waals surface area contributed by atoms with E-state index < -0.39 is 12.1 Å². The Bertz CT molecular complexity index is 1740. The van der Waals surface area contributed by atoms with Crippen molar-refractivity contribution in [2.24, 2.45) is 23.7 Å². The summed E-state index contributed by atoms with van der Waals surface area (Å²) >= 11 is 6.25. The average molecular weight is 579 g/mol. The molecule has 3 fully saturated rings. The molecule has 210 valence electrons. The molecule has 0 spiro atoms. The zero-order valence-corrected chi connectivity index (χ0v) is 23.6. The molecule has 5 unspecified atom stereocenters. The van der Waals surface area contributed by atoms with E-state index >= 15 is 0 Å². The van der Waals surface area contributed by atoms with E-state index in [2.05, 4.69) is 0 Å². The van der Waals surface area contributed by atoms with Gasteiger partial charge in [0.25, 0.3) is 0 Å². The van der Waals surface area contributed by atoms with Crippen LogP contribution in [-0.4, -0.2) is 34.7 Å². The summed E-state index contributed by atoms with van der Waals surface area (Å²) in [4.78, 5) is 58.9. The number of halogens is 1. The molecule has 5 atom stereocenters. The van der Waals surface area contributed by atoms with E-state index in [1.807, 2.05) is 6.07 Å². The molecule has 8 heteroatoms. The SMILES string of the molecule is CC(OC(=O)c1cc(-c2ccc(N3C(=O)C4C5CCC(C5)C4C3=O)cc2)nc2ccc(Cl)cc12)C(=O)c1ccccc1. The molecule has 1 aromatic heterocycles. The normalized spacial score (nSPS) is 23.3. The molecule has 4 aromatic rings. The average Bonchev–Trinajstić information content (AvgIpc) is 3.70. The second-order valence-corrected chi connectivity index (χ2v) is 11.9. The van der Waals surface area contributed by atoms with Crippen molar-refractivity contribution in [3.05, 3.63) is 95.0 Å². The van der Waals surface area contributed by atoms with Crippen molar-refractivity contribution >= 4 is 51.8 Å². The largest absolute Gasteiger partial charge is 0.451 e. The summed E-state index contributed by atoms with van der Waals surface area (Å²) in [5.41, 5.74) is 2.94. The zero-order chi connectivity index (χ0) is 29.1. The minimum atomic E-state index is -1.00. The minimum absolute atomic E-state index is 0.0881. The first kappa shape index (κ1) is 26.5. The number of carbonyl (C=O) groups is 4. The van der Waals surface area contributed by atoms with Crippen LogP contribution in [0, 0.1) is 23.7 Å². The van der Waals surface area contributed by atoms with Gasteiger partial charge >= 0.3 is 5.97 Å². The standard InChI is InChI=1S/C34H27ClN2O5/c1-18(31(38)20-5-3-2-4-6-20)42-34(41)26-17-28(36-27-14-11-23(35)16-25(26)27)19-9-12-24(13-10-19)37-32(39)29-21-7-8-22(15-21)30(29)33(37)40/h2-6,9-14,16-18,21-22,29-30H,7-8,15H2,1H3. The minimum Gasteiger partial charge on any atom is -0.451 e. The number of amides is 2. The third kappa shape index (κ3) is 4.31. The number of nitrogens with zero attached hydrogens (tertiary/aromatic N) is 2. The van der Waals surface area contributed by atoms with Crippen LogP contribution in [0.5, 0.6) is 0 Å². The van der Waals surface area contributed by atoms with Crippen LogP contribution in [0.1, 0.15) is 46.9 Å². The van der Waals surface area contributed by atoms with Gasteiger partial charge in [0.1, 0.15) is 0 Å². The van der Waals surface area contributed by atoms with Crippen LogP contribution < -0.4 is 4.90 Å². The Hall–Kier alpha value is -4.36. The molecule has 2 bridgehead atoms. The monoisotopic (exact) mass is 578 g/mol. The number of rotatable bonds is 6. The maximum atomic E-state index is 13.4. The molecule has 3 aliphatic rings. The first-order valence-electron chi connectivity index (χ1n) is 14.2. The molecular weight excluding hydrogens is 552 g/mol. The Morgan fingerprint density at radius 1 is 0.905 bits per heavy atom. The summed E-state index contributed by atoms with van der Waals surface area (Å²) in [5.74, 6) is -0.887. The van der Waals surface area contributed by atoms with Crippen LogP contribution in [0.2, 0.25) is 5.02 Å². The topological polar surface area (TPSA) is 93.6 Å². The maximum Gasteiger partial charge on any atom is 0.339 e. The number of fused-ring (bicyclic) bond motifs is 6. The molecule has 2 amide bonds. The lowest BCUT2D eigenvalue weighted by Crippen LogP contribution is -2.32. The van der Waals surface area contributed by atoms with Gasteiger partial charge in [-0.15, -0.1) is 0 Å². The molecule has 7 rings (SSSR count). The van der Waals surface area contributed by atoms with Crippen molar-refractivity contribution in [1.29, 1.82) is 0 Å². The molecular formula is C34H27ClN2O5. The quantitative estimate of drug-likeness (QED) is 0.147. The van der Waals surface area contributed by atoms with Crippen molar-refractivity contribution in [2.45, 2.75) is 32.3 Å². The molecule has 0 radical (unpaired) electrons. The van der Waals surface area contributed by atoms with Gasteiger partial charge < -0.3 is 4.74 Å². The lowest BCUT2D eigenvalue weighted by molar-refractivity contribution is -0.123. The second-order valence-electron chi connectivity index (χ2n) is 11.4. The fourth-order valence-corrected chi connectivity index (χ4v) is 7.25. The van der Waals surface area contributed by atoms with Gasteiger partial charge in [0, 0.05) is 21.5 Å². The molecule has 3 aromatic carbocycles. The van der Waals surface area contributed by atoms with Crippen LogP contribution >= 0.6 is 11.6 Å². The number of pyridine rings is 1. The summed E-state index contributed by atoms with van der Waals surface area (Å²) < 4.78 is 5.62. The first-order chi connectivity index (χ1) is 20.3.